The highest BCUT2D eigenvalue weighted by atomic mass is 16.5. The number of hydrogen-bond acceptors (Lipinski definition) is 4. The maximum Gasteiger partial charge on any atom is 0.235 e. The molecule has 0 unspecified atom stereocenters. The maximum atomic E-state index is 10.2. The first-order valence-electron chi connectivity index (χ1n) is 5.13. The summed E-state index contributed by atoms with van der Waals surface area (Å²) < 4.78 is 10.9. The van der Waals surface area contributed by atoms with E-state index in [2.05, 4.69) is 4.99 Å². The molecule has 0 atom stereocenters. The third kappa shape index (κ3) is 1.68. The van der Waals surface area contributed by atoms with Crippen molar-refractivity contribution in [3.63, 3.8) is 0 Å². The molecule has 16 heavy (non-hydrogen) atoms. The van der Waals surface area contributed by atoms with Gasteiger partial charge in [-0.05, 0) is 18.6 Å². The minimum absolute atomic E-state index is 0.306. The molecule has 0 bridgehead atoms. The van der Waals surface area contributed by atoms with E-state index in [4.69, 9.17) is 9.47 Å². The van der Waals surface area contributed by atoms with E-state index in [1.165, 1.54) is 0 Å². The van der Waals surface area contributed by atoms with Crippen LogP contribution in [0, 0.1) is 6.92 Å². The van der Waals surface area contributed by atoms with Gasteiger partial charge in [-0.2, -0.15) is 0 Å². The summed E-state index contributed by atoms with van der Waals surface area (Å²) in [6.45, 7) is 2.94. The molecule has 0 radical (unpaired) electrons. The van der Waals surface area contributed by atoms with Crippen molar-refractivity contribution in [3.05, 3.63) is 22.8 Å². The SMILES string of the molecule is COc1c(C)cc2c(c1CN=C=O)CCO2. The van der Waals surface area contributed by atoms with Crippen LogP contribution in [0.15, 0.2) is 11.1 Å². The van der Waals surface area contributed by atoms with Crippen LogP contribution in [0.2, 0.25) is 0 Å². The van der Waals surface area contributed by atoms with Gasteiger partial charge < -0.3 is 9.47 Å². The quantitative estimate of drug-likeness (QED) is 0.575. The third-order valence-electron chi connectivity index (χ3n) is 2.76. The van der Waals surface area contributed by atoms with Crippen molar-refractivity contribution in [2.75, 3.05) is 13.7 Å². The number of rotatable bonds is 3. The summed E-state index contributed by atoms with van der Waals surface area (Å²) in [5, 5.41) is 0. The number of ether oxygens (including phenoxy) is 2. The number of aliphatic imine (C=N–C) groups is 1. The normalized spacial score (nSPS) is 12.6. The Balaban J connectivity index is 2.56. The summed E-state index contributed by atoms with van der Waals surface area (Å²) in [5.41, 5.74) is 3.04. The van der Waals surface area contributed by atoms with Gasteiger partial charge in [-0.25, -0.2) is 9.79 Å². The summed E-state index contributed by atoms with van der Waals surface area (Å²) in [6.07, 6.45) is 2.40. The van der Waals surface area contributed by atoms with E-state index in [0.717, 1.165) is 34.6 Å². The molecule has 0 N–H and O–H groups in total. The first-order chi connectivity index (χ1) is 7.77. The Kier molecular flexibility index (Phi) is 2.93. The van der Waals surface area contributed by atoms with Crippen LogP contribution in [0.4, 0.5) is 0 Å². The van der Waals surface area contributed by atoms with Crippen molar-refractivity contribution >= 4 is 6.08 Å². The highest BCUT2D eigenvalue weighted by Gasteiger charge is 2.21. The molecule has 84 valence electrons. The Morgan fingerprint density at radius 3 is 3.12 bits per heavy atom. The molecule has 0 saturated heterocycles. The summed E-state index contributed by atoms with van der Waals surface area (Å²) in [5.74, 6) is 1.68. The topological polar surface area (TPSA) is 47.9 Å². The lowest BCUT2D eigenvalue weighted by molar-refractivity contribution is 0.356. The van der Waals surface area contributed by atoms with Crippen LogP contribution in [0.25, 0.3) is 0 Å². The van der Waals surface area contributed by atoms with Crippen LogP contribution in [0.5, 0.6) is 11.5 Å². The zero-order valence-electron chi connectivity index (χ0n) is 9.37. The first-order valence-corrected chi connectivity index (χ1v) is 5.13. The van der Waals surface area contributed by atoms with Gasteiger partial charge in [-0.3, -0.25) is 0 Å². The van der Waals surface area contributed by atoms with Crippen molar-refractivity contribution in [2.24, 2.45) is 4.99 Å². The van der Waals surface area contributed by atoms with Gasteiger partial charge in [0.15, 0.2) is 0 Å². The predicted octanol–water partition coefficient (Wildman–Crippen LogP) is 1.77. The number of benzene rings is 1. The van der Waals surface area contributed by atoms with Gasteiger partial charge in [0, 0.05) is 17.5 Å². The molecule has 1 aromatic carbocycles. The van der Waals surface area contributed by atoms with E-state index >= 15 is 0 Å². The van der Waals surface area contributed by atoms with Crippen LogP contribution in [0.3, 0.4) is 0 Å². The van der Waals surface area contributed by atoms with Gasteiger partial charge >= 0.3 is 0 Å². The fourth-order valence-electron chi connectivity index (χ4n) is 2.10. The number of fused-ring (bicyclic) bond motifs is 1. The smallest absolute Gasteiger partial charge is 0.235 e. The van der Waals surface area contributed by atoms with Crippen molar-refractivity contribution < 1.29 is 14.3 Å². The molecule has 2 rings (SSSR count). The number of nitrogens with zero attached hydrogens (tertiary/aromatic N) is 1. The second-order valence-electron chi connectivity index (χ2n) is 3.69. The summed E-state index contributed by atoms with van der Waals surface area (Å²) in [6, 6.07) is 1.97. The van der Waals surface area contributed by atoms with Gasteiger partial charge in [0.05, 0.1) is 20.3 Å². The monoisotopic (exact) mass is 219 g/mol. The van der Waals surface area contributed by atoms with Gasteiger partial charge in [-0.1, -0.05) is 0 Å². The minimum atomic E-state index is 0.306. The number of hydrogen-bond donors (Lipinski definition) is 0. The first kappa shape index (κ1) is 10.7. The van der Waals surface area contributed by atoms with Crippen LogP contribution in [0.1, 0.15) is 16.7 Å². The zero-order chi connectivity index (χ0) is 11.5. The van der Waals surface area contributed by atoms with Gasteiger partial charge in [-0.15, -0.1) is 0 Å². The molecule has 0 spiro atoms. The Morgan fingerprint density at radius 2 is 2.44 bits per heavy atom. The van der Waals surface area contributed by atoms with Crippen molar-refractivity contribution in [1.29, 1.82) is 0 Å². The van der Waals surface area contributed by atoms with Gasteiger partial charge in [0.1, 0.15) is 11.5 Å². The Bertz CT molecular complexity index is 458. The van der Waals surface area contributed by atoms with Crippen LogP contribution < -0.4 is 9.47 Å². The van der Waals surface area contributed by atoms with Crippen molar-refractivity contribution in [3.8, 4) is 11.5 Å². The van der Waals surface area contributed by atoms with Crippen LogP contribution >= 0.6 is 0 Å². The van der Waals surface area contributed by atoms with E-state index in [0.29, 0.717) is 13.2 Å². The molecule has 4 heteroatoms. The molecular formula is C12H13NO3. The number of carbonyl (C=O) groups excluding carboxylic acids is 1. The molecule has 0 aromatic heterocycles. The standard InChI is InChI=1S/C12H13NO3/c1-8-5-11-9(3-4-16-11)10(6-13-7-14)12(8)15-2/h5H,3-4,6H2,1-2H3. The maximum absolute atomic E-state index is 10.2. The van der Waals surface area contributed by atoms with Crippen molar-refractivity contribution in [2.45, 2.75) is 19.9 Å². The summed E-state index contributed by atoms with van der Waals surface area (Å²) in [7, 11) is 1.62. The van der Waals surface area contributed by atoms with E-state index in [9.17, 15) is 4.79 Å². The predicted molar refractivity (Wildman–Crippen MR) is 58.8 cm³/mol. The summed E-state index contributed by atoms with van der Waals surface area (Å²) in [4.78, 5) is 13.8. The number of methoxy groups -OCH3 is 1. The van der Waals surface area contributed by atoms with Gasteiger partial charge in [0.25, 0.3) is 0 Å². The second-order valence-corrected chi connectivity index (χ2v) is 3.69. The molecule has 0 aliphatic carbocycles. The molecule has 0 amide bonds. The summed E-state index contributed by atoms with van der Waals surface area (Å²) >= 11 is 0. The van der Waals surface area contributed by atoms with E-state index < -0.39 is 0 Å². The number of aryl methyl sites for hydroxylation is 1. The largest absolute Gasteiger partial charge is 0.496 e. The molecule has 1 aliphatic heterocycles. The molecule has 1 aromatic rings. The molecule has 1 heterocycles. The second kappa shape index (κ2) is 4.37. The zero-order valence-corrected chi connectivity index (χ0v) is 9.37. The van der Waals surface area contributed by atoms with Gasteiger partial charge in [0.2, 0.25) is 6.08 Å². The Morgan fingerprint density at radius 1 is 1.62 bits per heavy atom. The molecular weight excluding hydrogens is 206 g/mol. The average molecular weight is 219 g/mol. The number of isocyanates is 1. The van der Waals surface area contributed by atoms with Crippen LogP contribution in [-0.4, -0.2) is 19.8 Å². The Labute approximate surface area is 93.9 Å². The van der Waals surface area contributed by atoms with E-state index in [1.54, 1.807) is 13.2 Å². The lowest BCUT2D eigenvalue weighted by atomic mass is 10.0. The highest BCUT2D eigenvalue weighted by Crippen LogP contribution is 2.37. The molecule has 1 aliphatic rings. The molecule has 0 fully saturated rings. The molecule has 4 nitrogen and oxygen atoms in total. The van der Waals surface area contributed by atoms with E-state index in [1.807, 2.05) is 13.0 Å². The highest BCUT2D eigenvalue weighted by molar-refractivity contribution is 5.55. The average Bonchev–Trinajstić information content (AvgIpc) is 2.72. The third-order valence-corrected chi connectivity index (χ3v) is 2.76. The Hall–Kier alpha value is -1.80. The fourth-order valence-corrected chi connectivity index (χ4v) is 2.10. The minimum Gasteiger partial charge on any atom is -0.496 e. The molecule has 0 saturated carbocycles. The fraction of sp³-hybridized carbons (Fsp3) is 0.417. The van der Waals surface area contributed by atoms with E-state index in [-0.39, 0.29) is 0 Å². The lowest BCUT2D eigenvalue weighted by Crippen LogP contribution is -1.98. The van der Waals surface area contributed by atoms with Crippen LogP contribution in [-0.2, 0) is 17.8 Å². The lowest BCUT2D eigenvalue weighted by Gasteiger charge is -2.13. The van der Waals surface area contributed by atoms with Crippen molar-refractivity contribution in [1.82, 2.24) is 0 Å².